The summed E-state index contributed by atoms with van der Waals surface area (Å²) in [5, 5.41) is 11.0. The first kappa shape index (κ1) is 18.4. The zero-order valence-electron chi connectivity index (χ0n) is 14.9. The van der Waals surface area contributed by atoms with Crippen LogP contribution in [0.1, 0.15) is 18.1 Å². The van der Waals surface area contributed by atoms with Crippen LogP contribution >= 0.6 is 11.8 Å². The summed E-state index contributed by atoms with van der Waals surface area (Å²) in [5.41, 5.74) is 2.58. The molecule has 0 bridgehead atoms. The van der Waals surface area contributed by atoms with Crippen LogP contribution in [0.4, 0.5) is 0 Å². The summed E-state index contributed by atoms with van der Waals surface area (Å²) in [6.45, 7) is 6.84. The zero-order valence-corrected chi connectivity index (χ0v) is 15.7. The van der Waals surface area contributed by atoms with Crippen molar-refractivity contribution < 1.29 is 0 Å². The number of benzene rings is 1. The van der Waals surface area contributed by atoms with Gasteiger partial charge in [-0.1, -0.05) is 19.1 Å². The van der Waals surface area contributed by atoms with Gasteiger partial charge in [-0.25, -0.2) is 0 Å². The highest BCUT2D eigenvalue weighted by Gasteiger charge is 2.07. The lowest BCUT2D eigenvalue weighted by Crippen LogP contribution is -2.39. The second kappa shape index (κ2) is 9.37. The Hall–Kier alpha value is -1.95. The van der Waals surface area contributed by atoms with Crippen LogP contribution in [0.25, 0.3) is 0 Å². The molecule has 1 aromatic heterocycles. The lowest BCUT2D eigenvalue weighted by Gasteiger charge is -2.17. The van der Waals surface area contributed by atoms with Gasteiger partial charge in [0.1, 0.15) is 0 Å². The smallest absolute Gasteiger partial charge is 0.191 e. The van der Waals surface area contributed by atoms with E-state index in [2.05, 4.69) is 59.0 Å². The molecule has 0 aliphatic rings. The average molecular weight is 346 g/mol. The second-order valence-corrected chi connectivity index (χ2v) is 6.80. The highest BCUT2D eigenvalue weighted by atomic mass is 32.2. The van der Waals surface area contributed by atoms with Crippen molar-refractivity contribution in [3.05, 3.63) is 47.8 Å². The van der Waals surface area contributed by atoms with Gasteiger partial charge in [-0.2, -0.15) is 5.10 Å². The van der Waals surface area contributed by atoms with E-state index < -0.39 is 0 Å². The van der Waals surface area contributed by atoms with Crippen LogP contribution in [0.5, 0.6) is 0 Å². The van der Waals surface area contributed by atoms with Gasteiger partial charge in [0.2, 0.25) is 0 Å². The lowest BCUT2D eigenvalue weighted by atomic mass is 10.1. The molecule has 0 saturated carbocycles. The summed E-state index contributed by atoms with van der Waals surface area (Å²) in [6, 6.07) is 8.51. The Balaban J connectivity index is 1.82. The van der Waals surface area contributed by atoms with Gasteiger partial charge in [0.05, 0.1) is 0 Å². The van der Waals surface area contributed by atoms with E-state index in [4.69, 9.17) is 0 Å². The van der Waals surface area contributed by atoms with Crippen LogP contribution in [0.2, 0.25) is 0 Å². The maximum absolute atomic E-state index is 4.31. The standard InChI is InChI=1S/C18H27N5S/c1-14-6-7-16(17(10-14)24-4)12-21-18(19-3)20-11-15(2)13-23-9-5-8-22-23/h5-10,15H,11-13H2,1-4H3,(H2,19,20,21). The molecular formula is C18H27N5S. The minimum atomic E-state index is 0.463. The maximum atomic E-state index is 4.31. The van der Waals surface area contributed by atoms with E-state index in [9.17, 15) is 0 Å². The van der Waals surface area contributed by atoms with Crippen molar-refractivity contribution in [3.8, 4) is 0 Å². The van der Waals surface area contributed by atoms with E-state index in [0.717, 1.165) is 25.6 Å². The zero-order chi connectivity index (χ0) is 17.4. The fraction of sp³-hybridized carbons (Fsp3) is 0.444. The van der Waals surface area contributed by atoms with Crippen molar-refractivity contribution in [3.63, 3.8) is 0 Å². The Morgan fingerprint density at radius 3 is 2.88 bits per heavy atom. The molecule has 0 amide bonds. The highest BCUT2D eigenvalue weighted by molar-refractivity contribution is 7.98. The Bertz CT molecular complexity index is 651. The molecule has 1 atom stereocenters. The van der Waals surface area contributed by atoms with Gasteiger partial charge >= 0.3 is 0 Å². The number of aromatic nitrogens is 2. The van der Waals surface area contributed by atoms with Gasteiger partial charge in [-0.3, -0.25) is 9.67 Å². The van der Waals surface area contributed by atoms with Crippen molar-refractivity contribution in [2.45, 2.75) is 31.8 Å². The van der Waals surface area contributed by atoms with Crippen molar-refractivity contribution in [2.75, 3.05) is 19.8 Å². The Morgan fingerprint density at radius 2 is 2.21 bits per heavy atom. The minimum absolute atomic E-state index is 0.463. The average Bonchev–Trinajstić information content (AvgIpc) is 3.08. The van der Waals surface area contributed by atoms with E-state index in [1.165, 1.54) is 16.0 Å². The van der Waals surface area contributed by atoms with Gasteiger partial charge in [-0.15, -0.1) is 11.8 Å². The normalized spacial score (nSPS) is 12.9. The number of hydrogen-bond acceptors (Lipinski definition) is 3. The molecule has 0 spiro atoms. The maximum Gasteiger partial charge on any atom is 0.191 e. The molecule has 2 N–H and O–H groups in total. The fourth-order valence-corrected chi connectivity index (χ4v) is 3.17. The third-order valence-corrected chi connectivity index (χ3v) is 4.61. The van der Waals surface area contributed by atoms with Crippen LogP contribution in [0.3, 0.4) is 0 Å². The third kappa shape index (κ3) is 5.60. The van der Waals surface area contributed by atoms with Crippen molar-refractivity contribution in [2.24, 2.45) is 10.9 Å². The van der Waals surface area contributed by atoms with Gasteiger partial charge < -0.3 is 10.6 Å². The molecule has 0 fully saturated rings. The molecule has 1 aromatic carbocycles. The molecule has 130 valence electrons. The summed E-state index contributed by atoms with van der Waals surface area (Å²) in [6.07, 6.45) is 5.92. The fourth-order valence-electron chi connectivity index (χ4n) is 2.46. The first-order valence-electron chi connectivity index (χ1n) is 8.18. The largest absolute Gasteiger partial charge is 0.356 e. The third-order valence-electron chi connectivity index (χ3n) is 3.79. The SMILES string of the molecule is CN=C(NCc1ccc(C)cc1SC)NCC(C)Cn1cccn1. The van der Waals surface area contributed by atoms with Crippen molar-refractivity contribution >= 4 is 17.7 Å². The quantitative estimate of drug-likeness (QED) is 0.460. The topological polar surface area (TPSA) is 54.2 Å². The summed E-state index contributed by atoms with van der Waals surface area (Å²) >= 11 is 1.78. The number of rotatable bonds is 7. The number of nitrogens with zero attached hydrogens (tertiary/aromatic N) is 3. The van der Waals surface area contributed by atoms with Crippen LogP contribution in [0, 0.1) is 12.8 Å². The Labute approximate surface area is 148 Å². The molecule has 0 aliphatic heterocycles. The lowest BCUT2D eigenvalue weighted by molar-refractivity contribution is 0.443. The Kier molecular flexibility index (Phi) is 7.18. The summed E-state index contributed by atoms with van der Waals surface area (Å²) in [4.78, 5) is 5.62. The molecule has 0 radical (unpaired) electrons. The number of thioether (sulfide) groups is 1. The number of guanidine groups is 1. The molecule has 24 heavy (non-hydrogen) atoms. The van der Waals surface area contributed by atoms with E-state index in [1.54, 1.807) is 18.8 Å². The van der Waals surface area contributed by atoms with Gasteiger partial charge in [0.25, 0.3) is 0 Å². The van der Waals surface area contributed by atoms with E-state index in [0.29, 0.717) is 5.92 Å². The molecule has 2 aromatic rings. The summed E-state index contributed by atoms with van der Waals surface area (Å²) in [5.74, 6) is 1.29. The van der Waals surface area contributed by atoms with Crippen LogP contribution < -0.4 is 10.6 Å². The van der Waals surface area contributed by atoms with Crippen molar-refractivity contribution in [1.29, 1.82) is 0 Å². The predicted octanol–water partition coefficient (Wildman–Crippen LogP) is 2.91. The monoisotopic (exact) mass is 345 g/mol. The summed E-state index contributed by atoms with van der Waals surface area (Å²) in [7, 11) is 1.80. The van der Waals surface area contributed by atoms with Crippen LogP contribution in [0.15, 0.2) is 46.5 Å². The molecule has 5 nitrogen and oxygen atoms in total. The molecule has 1 heterocycles. The Morgan fingerprint density at radius 1 is 1.38 bits per heavy atom. The van der Waals surface area contributed by atoms with E-state index >= 15 is 0 Å². The first-order valence-corrected chi connectivity index (χ1v) is 9.40. The predicted molar refractivity (Wildman–Crippen MR) is 103 cm³/mol. The van der Waals surface area contributed by atoms with Gasteiger partial charge in [0, 0.05) is 44.0 Å². The molecule has 1 unspecified atom stereocenters. The molecule has 0 saturated heterocycles. The highest BCUT2D eigenvalue weighted by Crippen LogP contribution is 2.21. The van der Waals surface area contributed by atoms with Crippen molar-refractivity contribution in [1.82, 2.24) is 20.4 Å². The first-order chi connectivity index (χ1) is 11.6. The van der Waals surface area contributed by atoms with Crippen LogP contribution in [-0.2, 0) is 13.1 Å². The van der Waals surface area contributed by atoms with E-state index in [-0.39, 0.29) is 0 Å². The van der Waals surface area contributed by atoms with Crippen LogP contribution in [-0.4, -0.2) is 35.6 Å². The van der Waals surface area contributed by atoms with E-state index in [1.807, 2.05) is 23.1 Å². The molecule has 2 rings (SSSR count). The molecular weight excluding hydrogens is 318 g/mol. The van der Waals surface area contributed by atoms with Gasteiger partial charge in [-0.05, 0) is 42.4 Å². The second-order valence-electron chi connectivity index (χ2n) is 5.96. The minimum Gasteiger partial charge on any atom is -0.356 e. The number of aliphatic imine (C=N–C) groups is 1. The van der Waals surface area contributed by atoms with Gasteiger partial charge in [0.15, 0.2) is 5.96 Å². The summed E-state index contributed by atoms with van der Waals surface area (Å²) < 4.78 is 1.96. The molecule has 6 heteroatoms. The number of aryl methyl sites for hydroxylation is 1. The molecule has 0 aliphatic carbocycles. The number of hydrogen-bond donors (Lipinski definition) is 2. The number of nitrogens with one attached hydrogen (secondary N) is 2.